The quantitative estimate of drug-likeness (QED) is 0.122. The third-order valence-corrected chi connectivity index (χ3v) is 17.5. The standard InChI is InChI=1S/C85H55N7/c1-8-25-56(26-9-1)63-44-47-79-69(49-63)67-39-22-23-42-78(67)91(79)82-53-66(76-54-74(59-31-14-4-15-32-59)87-84(89-76)61-35-18-6-19-36-61)51-71(77-55-75(60-33-16-5-17-34-60)88-85(90-77)62-37-20-7-21-38-62)83(82)92-80-48-45-64(57-27-10-2-11-28-57)50-70(80)68-46-43-65(52-81(68)92)73-41-24-40-72(86-73)58-29-12-3-13-30-58/h1-55H. The zero-order valence-electron chi connectivity index (χ0n) is 49.9. The first-order chi connectivity index (χ1) is 45.6. The minimum Gasteiger partial charge on any atom is -0.307 e. The molecule has 0 bridgehead atoms. The molecule has 0 saturated heterocycles. The van der Waals surface area contributed by atoms with Gasteiger partial charge in [0.05, 0.1) is 67.6 Å². The van der Waals surface area contributed by atoms with Gasteiger partial charge in [0, 0.05) is 66.1 Å². The van der Waals surface area contributed by atoms with Crippen LogP contribution in [0.4, 0.5) is 0 Å². The number of hydrogen-bond acceptors (Lipinski definition) is 5. The molecule has 0 atom stereocenters. The normalized spacial score (nSPS) is 11.5. The molecule has 17 rings (SSSR count). The molecule has 7 heteroatoms. The second kappa shape index (κ2) is 22.9. The van der Waals surface area contributed by atoms with Gasteiger partial charge in [-0.25, -0.2) is 24.9 Å². The number of nitrogens with zero attached hydrogens (tertiary/aromatic N) is 7. The number of pyridine rings is 1. The summed E-state index contributed by atoms with van der Waals surface area (Å²) in [6.07, 6.45) is 0. The van der Waals surface area contributed by atoms with Crippen molar-refractivity contribution in [1.29, 1.82) is 0 Å². The van der Waals surface area contributed by atoms with Gasteiger partial charge in [-0.15, -0.1) is 0 Å². The van der Waals surface area contributed by atoms with Crippen molar-refractivity contribution < 1.29 is 0 Å². The van der Waals surface area contributed by atoms with Gasteiger partial charge >= 0.3 is 0 Å². The first-order valence-corrected chi connectivity index (χ1v) is 31.0. The number of rotatable bonds is 12. The lowest BCUT2D eigenvalue weighted by atomic mass is 9.97. The Balaban J connectivity index is 1.05. The van der Waals surface area contributed by atoms with Crippen molar-refractivity contribution in [2.45, 2.75) is 0 Å². The Labute approximate surface area is 532 Å². The zero-order chi connectivity index (χ0) is 60.9. The molecule has 5 aromatic heterocycles. The predicted molar refractivity (Wildman–Crippen MR) is 378 cm³/mol. The summed E-state index contributed by atoms with van der Waals surface area (Å²) < 4.78 is 4.97. The minimum atomic E-state index is 0.603. The van der Waals surface area contributed by atoms with Gasteiger partial charge in [-0.2, -0.15) is 0 Å². The third kappa shape index (κ3) is 9.78. The van der Waals surface area contributed by atoms with Gasteiger partial charge in [0.15, 0.2) is 11.6 Å². The van der Waals surface area contributed by atoms with Gasteiger partial charge in [0.2, 0.25) is 0 Å². The first kappa shape index (κ1) is 53.8. The van der Waals surface area contributed by atoms with Crippen LogP contribution in [-0.4, -0.2) is 34.1 Å². The van der Waals surface area contributed by atoms with Crippen LogP contribution in [0.1, 0.15) is 0 Å². The molecule has 0 aliphatic rings. The monoisotopic (exact) mass is 1170 g/mol. The molecule has 430 valence electrons. The van der Waals surface area contributed by atoms with Gasteiger partial charge in [0.1, 0.15) is 0 Å². The fourth-order valence-corrected chi connectivity index (χ4v) is 13.1. The Hall–Kier alpha value is -12.5. The highest BCUT2D eigenvalue weighted by atomic mass is 15.1. The van der Waals surface area contributed by atoms with Gasteiger partial charge < -0.3 is 9.13 Å². The predicted octanol–water partition coefficient (Wildman–Crippen LogP) is 21.5. The van der Waals surface area contributed by atoms with Crippen LogP contribution in [-0.2, 0) is 0 Å². The number of benzene rings is 12. The van der Waals surface area contributed by atoms with E-state index in [1.165, 1.54) is 0 Å². The first-order valence-electron chi connectivity index (χ1n) is 31.0. The van der Waals surface area contributed by atoms with E-state index in [0.717, 1.165) is 156 Å². The molecule has 5 heterocycles. The van der Waals surface area contributed by atoms with Crippen molar-refractivity contribution in [3.05, 3.63) is 334 Å². The van der Waals surface area contributed by atoms with E-state index in [0.29, 0.717) is 11.6 Å². The summed E-state index contributed by atoms with van der Waals surface area (Å²) >= 11 is 0. The molecule has 0 saturated carbocycles. The molecule has 0 fully saturated rings. The fraction of sp³-hybridized carbons (Fsp3) is 0. The van der Waals surface area contributed by atoms with E-state index in [1.54, 1.807) is 0 Å². The molecule has 7 nitrogen and oxygen atoms in total. The second-order valence-corrected chi connectivity index (χ2v) is 23.2. The molecule has 0 unspecified atom stereocenters. The lowest BCUT2D eigenvalue weighted by Crippen LogP contribution is -2.08. The van der Waals surface area contributed by atoms with E-state index in [-0.39, 0.29) is 0 Å². The highest BCUT2D eigenvalue weighted by molar-refractivity contribution is 6.14. The highest BCUT2D eigenvalue weighted by Gasteiger charge is 2.28. The van der Waals surface area contributed by atoms with Crippen molar-refractivity contribution in [1.82, 2.24) is 34.1 Å². The van der Waals surface area contributed by atoms with Gasteiger partial charge in [-0.3, -0.25) is 0 Å². The maximum absolute atomic E-state index is 5.77. The average molecular weight is 1170 g/mol. The smallest absolute Gasteiger partial charge is 0.160 e. The lowest BCUT2D eigenvalue weighted by molar-refractivity contribution is 1.09. The van der Waals surface area contributed by atoms with E-state index in [2.05, 4.69) is 300 Å². The van der Waals surface area contributed by atoms with E-state index >= 15 is 0 Å². The number of aromatic nitrogens is 7. The van der Waals surface area contributed by atoms with Crippen LogP contribution >= 0.6 is 0 Å². The molecule has 0 aliphatic heterocycles. The molecular formula is C85H55N7. The summed E-state index contributed by atoms with van der Waals surface area (Å²) in [6.45, 7) is 0. The topological polar surface area (TPSA) is 74.3 Å². The maximum Gasteiger partial charge on any atom is 0.160 e. The molecular weight excluding hydrogens is 1120 g/mol. The molecule has 0 radical (unpaired) electrons. The Morgan fingerprint density at radius 3 is 1.11 bits per heavy atom. The molecule has 0 aliphatic carbocycles. The van der Waals surface area contributed by atoms with E-state index in [4.69, 9.17) is 24.9 Å². The Bertz CT molecular complexity index is 5480. The molecule has 0 N–H and O–H groups in total. The van der Waals surface area contributed by atoms with Crippen LogP contribution in [0.2, 0.25) is 0 Å². The van der Waals surface area contributed by atoms with Crippen molar-refractivity contribution >= 4 is 43.6 Å². The highest BCUT2D eigenvalue weighted by Crippen LogP contribution is 2.47. The summed E-state index contributed by atoms with van der Waals surface area (Å²) in [5, 5.41) is 4.44. The average Bonchev–Trinajstić information content (AvgIpc) is 1.53. The van der Waals surface area contributed by atoms with Crippen LogP contribution in [0.15, 0.2) is 334 Å². The Morgan fingerprint density at radius 1 is 0.185 bits per heavy atom. The van der Waals surface area contributed by atoms with Crippen molar-refractivity contribution in [3.63, 3.8) is 0 Å². The molecule has 17 aromatic rings. The van der Waals surface area contributed by atoms with Crippen LogP contribution in [0.3, 0.4) is 0 Å². The van der Waals surface area contributed by atoms with Gasteiger partial charge in [-0.1, -0.05) is 261 Å². The van der Waals surface area contributed by atoms with Crippen LogP contribution < -0.4 is 0 Å². The summed E-state index contributed by atoms with van der Waals surface area (Å²) in [6, 6.07) is 118. The van der Waals surface area contributed by atoms with Crippen LogP contribution in [0, 0.1) is 0 Å². The lowest BCUT2D eigenvalue weighted by Gasteiger charge is -2.23. The summed E-state index contributed by atoms with van der Waals surface area (Å²) in [5.74, 6) is 1.22. The fourth-order valence-electron chi connectivity index (χ4n) is 13.1. The third-order valence-electron chi connectivity index (χ3n) is 17.5. The SMILES string of the molecule is c1ccc(-c2ccc3c(c2)c2ccccc2n3-c2cc(-c3cc(-c4ccccc4)nc(-c4ccccc4)n3)cc(-c3cc(-c4ccccc4)nc(-c4ccccc4)n3)c2-n2c3ccc(-c4ccccc4)cc3c3ccc(-c4cccc(-c5ccccc5)n4)cc32)cc1. The van der Waals surface area contributed by atoms with Crippen molar-refractivity contribution in [2.75, 3.05) is 0 Å². The summed E-state index contributed by atoms with van der Waals surface area (Å²) in [4.78, 5) is 27.5. The minimum absolute atomic E-state index is 0.603. The number of hydrogen-bond donors (Lipinski definition) is 0. The zero-order valence-corrected chi connectivity index (χ0v) is 49.9. The molecule has 92 heavy (non-hydrogen) atoms. The molecule has 12 aromatic carbocycles. The number of para-hydroxylation sites is 1. The van der Waals surface area contributed by atoms with E-state index in [1.807, 2.05) is 42.5 Å². The Kier molecular flexibility index (Phi) is 13.4. The second-order valence-electron chi connectivity index (χ2n) is 23.2. The van der Waals surface area contributed by atoms with Crippen LogP contribution in [0.5, 0.6) is 0 Å². The molecule has 0 amide bonds. The summed E-state index contributed by atoms with van der Waals surface area (Å²) in [5.41, 5.74) is 22.9. The van der Waals surface area contributed by atoms with Crippen molar-refractivity contribution in [3.8, 4) is 124 Å². The van der Waals surface area contributed by atoms with Crippen molar-refractivity contribution in [2.24, 2.45) is 0 Å². The van der Waals surface area contributed by atoms with Crippen LogP contribution in [0.25, 0.3) is 168 Å². The number of fused-ring (bicyclic) bond motifs is 6. The van der Waals surface area contributed by atoms with E-state index in [9.17, 15) is 0 Å². The largest absolute Gasteiger partial charge is 0.307 e. The molecule has 0 spiro atoms. The summed E-state index contributed by atoms with van der Waals surface area (Å²) in [7, 11) is 0. The van der Waals surface area contributed by atoms with Gasteiger partial charge in [-0.05, 0) is 95.1 Å². The van der Waals surface area contributed by atoms with E-state index < -0.39 is 0 Å². The maximum atomic E-state index is 5.77. The van der Waals surface area contributed by atoms with Gasteiger partial charge in [0.25, 0.3) is 0 Å². The Morgan fingerprint density at radius 2 is 0.576 bits per heavy atom.